The highest BCUT2D eigenvalue weighted by Crippen LogP contribution is 2.12. The van der Waals surface area contributed by atoms with Gasteiger partial charge < -0.3 is 10.2 Å². The van der Waals surface area contributed by atoms with Crippen LogP contribution in [0, 0.1) is 13.8 Å². The molecule has 1 N–H and O–H groups in total. The molecule has 0 aromatic carbocycles. The molecule has 0 spiro atoms. The number of nitrogens with zero attached hydrogens (tertiary/aromatic N) is 4. The van der Waals surface area contributed by atoms with E-state index in [2.05, 4.69) is 49.7 Å². The second kappa shape index (κ2) is 10.9. The second-order valence-electron chi connectivity index (χ2n) is 6.32. The molecule has 5 nitrogen and oxygen atoms in total. The molecule has 0 radical (unpaired) electrons. The number of aryl methyl sites for hydroxylation is 2. The minimum atomic E-state index is 0.788. The zero-order valence-corrected chi connectivity index (χ0v) is 16.2. The minimum Gasteiger partial charge on any atom is -0.357 e. The Bertz CT molecular complexity index is 530. The van der Waals surface area contributed by atoms with Crippen LogP contribution in [0.15, 0.2) is 17.6 Å². The highest BCUT2D eigenvalue weighted by molar-refractivity contribution is 5.79. The van der Waals surface area contributed by atoms with Crippen LogP contribution < -0.4 is 5.32 Å². The molecule has 1 aromatic heterocycles. The maximum atomic E-state index is 4.79. The van der Waals surface area contributed by atoms with Crippen LogP contribution in [-0.4, -0.2) is 47.3 Å². The smallest absolute Gasteiger partial charge is 0.193 e. The minimum absolute atomic E-state index is 0.788. The molecule has 5 heteroatoms. The zero-order chi connectivity index (χ0) is 17.9. The summed E-state index contributed by atoms with van der Waals surface area (Å²) in [5.41, 5.74) is 3.68. The molecule has 24 heavy (non-hydrogen) atoms. The van der Waals surface area contributed by atoms with Gasteiger partial charge in [-0.1, -0.05) is 12.5 Å². The highest BCUT2D eigenvalue weighted by atomic mass is 15.3. The van der Waals surface area contributed by atoms with Crippen molar-refractivity contribution in [1.29, 1.82) is 0 Å². The molecule has 0 aliphatic rings. The van der Waals surface area contributed by atoms with Crippen molar-refractivity contribution in [3.05, 3.63) is 29.6 Å². The molecule has 0 aliphatic carbocycles. The van der Waals surface area contributed by atoms with Crippen LogP contribution in [0.2, 0.25) is 0 Å². The average molecular weight is 334 g/mol. The lowest BCUT2D eigenvalue weighted by Gasteiger charge is -2.22. The number of rotatable bonds is 10. The second-order valence-corrected chi connectivity index (χ2v) is 6.32. The molecular formula is C19H35N5. The van der Waals surface area contributed by atoms with Crippen molar-refractivity contribution in [3.63, 3.8) is 0 Å². The van der Waals surface area contributed by atoms with Crippen molar-refractivity contribution in [2.45, 2.75) is 52.9 Å². The number of hydrogen-bond donors (Lipinski definition) is 1. The van der Waals surface area contributed by atoms with Crippen molar-refractivity contribution >= 4 is 5.96 Å². The van der Waals surface area contributed by atoms with Gasteiger partial charge in [0.25, 0.3) is 0 Å². The van der Waals surface area contributed by atoms with Gasteiger partial charge in [0, 0.05) is 39.4 Å². The van der Waals surface area contributed by atoms with E-state index >= 15 is 0 Å². The Balaban J connectivity index is 2.53. The van der Waals surface area contributed by atoms with Gasteiger partial charge in [0.2, 0.25) is 0 Å². The first-order chi connectivity index (χ1) is 11.5. The van der Waals surface area contributed by atoms with Crippen LogP contribution >= 0.6 is 0 Å². The van der Waals surface area contributed by atoms with E-state index in [1.54, 1.807) is 0 Å². The Hall–Kier alpha value is -1.78. The zero-order valence-electron chi connectivity index (χ0n) is 16.2. The van der Waals surface area contributed by atoms with Gasteiger partial charge in [0.1, 0.15) is 0 Å². The molecule has 0 aliphatic heterocycles. The number of aromatic nitrogens is 2. The van der Waals surface area contributed by atoms with Crippen molar-refractivity contribution in [3.8, 4) is 0 Å². The predicted molar refractivity (Wildman–Crippen MR) is 104 cm³/mol. The van der Waals surface area contributed by atoms with E-state index in [-0.39, 0.29) is 0 Å². The molecule has 1 heterocycles. The SMILES string of the molecule is C=CCCCCCN(C)C(=NCCc1c(C)nn(C)c1C)NCC. The summed E-state index contributed by atoms with van der Waals surface area (Å²) in [5, 5.41) is 7.87. The van der Waals surface area contributed by atoms with Crippen LogP contribution in [0.1, 0.15) is 49.6 Å². The Morgan fingerprint density at radius 1 is 1.33 bits per heavy atom. The quantitative estimate of drug-likeness (QED) is 0.309. The summed E-state index contributed by atoms with van der Waals surface area (Å²) in [6.45, 7) is 12.8. The largest absolute Gasteiger partial charge is 0.357 e. The molecule has 0 saturated heterocycles. The van der Waals surface area contributed by atoms with Gasteiger partial charge in [-0.15, -0.1) is 6.58 Å². The topological polar surface area (TPSA) is 45.5 Å². The molecule has 0 amide bonds. The monoisotopic (exact) mass is 333 g/mol. The third-order valence-electron chi connectivity index (χ3n) is 4.38. The van der Waals surface area contributed by atoms with Crippen molar-refractivity contribution in [2.24, 2.45) is 12.0 Å². The molecule has 0 fully saturated rings. The van der Waals surface area contributed by atoms with Gasteiger partial charge in [-0.2, -0.15) is 5.10 Å². The van der Waals surface area contributed by atoms with Crippen molar-refractivity contribution in [1.82, 2.24) is 20.0 Å². The highest BCUT2D eigenvalue weighted by Gasteiger charge is 2.09. The summed E-state index contributed by atoms with van der Waals surface area (Å²) >= 11 is 0. The average Bonchev–Trinajstić information content (AvgIpc) is 2.79. The van der Waals surface area contributed by atoms with Gasteiger partial charge in [0.15, 0.2) is 5.96 Å². The number of guanidine groups is 1. The maximum Gasteiger partial charge on any atom is 0.193 e. The normalized spacial score (nSPS) is 11.6. The van der Waals surface area contributed by atoms with E-state index in [1.165, 1.54) is 30.5 Å². The lowest BCUT2D eigenvalue weighted by Crippen LogP contribution is -2.39. The molecular weight excluding hydrogens is 298 g/mol. The molecule has 1 aromatic rings. The van der Waals surface area contributed by atoms with Gasteiger partial charge in [-0.25, -0.2) is 0 Å². The van der Waals surface area contributed by atoms with E-state index in [1.807, 2.05) is 17.8 Å². The molecule has 0 saturated carbocycles. The van der Waals surface area contributed by atoms with E-state index in [0.717, 1.165) is 44.1 Å². The Kier molecular flexibility index (Phi) is 9.20. The fraction of sp³-hybridized carbons (Fsp3) is 0.684. The first-order valence-corrected chi connectivity index (χ1v) is 9.10. The third kappa shape index (κ3) is 6.38. The van der Waals surface area contributed by atoms with E-state index < -0.39 is 0 Å². The molecule has 1 rings (SSSR count). The van der Waals surface area contributed by atoms with Crippen molar-refractivity contribution in [2.75, 3.05) is 26.7 Å². The molecule has 136 valence electrons. The Morgan fingerprint density at radius 3 is 2.67 bits per heavy atom. The number of unbranched alkanes of at least 4 members (excludes halogenated alkanes) is 3. The van der Waals surface area contributed by atoms with Gasteiger partial charge >= 0.3 is 0 Å². The summed E-state index contributed by atoms with van der Waals surface area (Å²) in [6, 6.07) is 0. The third-order valence-corrected chi connectivity index (χ3v) is 4.38. The first kappa shape index (κ1) is 20.3. The summed E-state index contributed by atoms with van der Waals surface area (Å²) in [7, 11) is 4.12. The standard InChI is InChI=1S/C19H35N5/c1-7-9-10-11-12-15-23(5)19(20-8-2)21-14-13-18-16(3)22-24(6)17(18)4/h7H,1,8-15H2,2-6H3,(H,20,21). The summed E-state index contributed by atoms with van der Waals surface area (Å²) in [4.78, 5) is 7.03. The number of hydrogen-bond acceptors (Lipinski definition) is 2. The van der Waals surface area contributed by atoms with Gasteiger partial charge in [-0.3, -0.25) is 9.67 Å². The fourth-order valence-electron chi connectivity index (χ4n) is 2.84. The molecule has 0 bridgehead atoms. The van der Waals surface area contributed by atoms with Gasteiger partial charge in [-0.05, 0) is 52.0 Å². The van der Waals surface area contributed by atoms with Crippen LogP contribution in [0.3, 0.4) is 0 Å². The fourth-order valence-corrected chi connectivity index (χ4v) is 2.84. The van der Waals surface area contributed by atoms with Crippen LogP contribution in [0.4, 0.5) is 0 Å². The van der Waals surface area contributed by atoms with Crippen LogP contribution in [0.25, 0.3) is 0 Å². The predicted octanol–water partition coefficient (Wildman–Crippen LogP) is 3.22. The summed E-state index contributed by atoms with van der Waals surface area (Å²) in [6.07, 6.45) is 7.71. The Labute approximate surface area is 147 Å². The number of allylic oxidation sites excluding steroid dienone is 1. The maximum absolute atomic E-state index is 4.79. The Morgan fingerprint density at radius 2 is 2.08 bits per heavy atom. The summed E-state index contributed by atoms with van der Waals surface area (Å²) in [5.74, 6) is 1.00. The lowest BCUT2D eigenvalue weighted by atomic mass is 10.1. The van der Waals surface area contributed by atoms with Crippen LogP contribution in [-0.2, 0) is 13.5 Å². The lowest BCUT2D eigenvalue weighted by molar-refractivity contribution is 0.455. The van der Waals surface area contributed by atoms with Crippen LogP contribution in [0.5, 0.6) is 0 Å². The first-order valence-electron chi connectivity index (χ1n) is 9.10. The number of nitrogens with one attached hydrogen (secondary N) is 1. The van der Waals surface area contributed by atoms with E-state index in [4.69, 9.17) is 4.99 Å². The van der Waals surface area contributed by atoms with Crippen molar-refractivity contribution < 1.29 is 0 Å². The summed E-state index contributed by atoms with van der Waals surface area (Å²) < 4.78 is 1.95. The number of aliphatic imine (C=N–C) groups is 1. The van der Waals surface area contributed by atoms with Gasteiger partial charge in [0.05, 0.1) is 5.69 Å². The van der Waals surface area contributed by atoms with E-state index in [9.17, 15) is 0 Å². The van der Waals surface area contributed by atoms with E-state index in [0.29, 0.717) is 0 Å². The molecule has 0 unspecified atom stereocenters. The molecule has 0 atom stereocenters.